The van der Waals surface area contributed by atoms with E-state index in [9.17, 15) is 0 Å². The van der Waals surface area contributed by atoms with E-state index in [1.807, 2.05) is 6.07 Å². The van der Waals surface area contributed by atoms with Gasteiger partial charge in [-0.1, -0.05) is 11.6 Å². The van der Waals surface area contributed by atoms with Crippen LogP contribution >= 0.6 is 22.9 Å². The molecule has 0 spiro atoms. The van der Waals surface area contributed by atoms with Crippen LogP contribution in [0.4, 0.5) is 0 Å². The number of ether oxygens (including phenoxy) is 1. The minimum absolute atomic E-state index is 0.151. The molecule has 1 N–H and O–H groups in total. The average Bonchev–Trinajstić information content (AvgIpc) is 2.84. The quantitative estimate of drug-likeness (QED) is 0.904. The highest BCUT2D eigenvalue weighted by Gasteiger charge is 2.28. The predicted octanol–water partition coefficient (Wildman–Crippen LogP) is 3.16. The zero-order valence-corrected chi connectivity index (χ0v) is 13.5. The van der Waals surface area contributed by atoms with E-state index in [0.29, 0.717) is 6.04 Å². The maximum Gasteiger partial charge on any atom is 0.0931 e. The third-order valence-corrected chi connectivity index (χ3v) is 4.91. The van der Waals surface area contributed by atoms with Crippen molar-refractivity contribution in [2.75, 3.05) is 32.8 Å². The molecule has 1 saturated heterocycles. The zero-order chi connectivity index (χ0) is 13.9. The summed E-state index contributed by atoms with van der Waals surface area (Å²) < 4.78 is 6.27. The summed E-state index contributed by atoms with van der Waals surface area (Å²) in [7, 11) is 0. The second-order valence-electron chi connectivity index (χ2n) is 5.70. The van der Waals surface area contributed by atoms with E-state index in [4.69, 9.17) is 16.3 Å². The predicted molar refractivity (Wildman–Crippen MR) is 82.2 cm³/mol. The Morgan fingerprint density at radius 2 is 2.16 bits per heavy atom. The van der Waals surface area contributed by atoms with Gasteiger partial charge in [-0.3, -0.25) is 4.90 Å². The normalized spacial score (nSPS) is 19.6. The molecule has 2 heterocycles. The van der Waals surface area contributed by atoms with E-state index in [-0.39, 0.29) is 5.54 Å². The lowest BCUT2D eigenvalue weighted by Crippen LogP contribution is -2.54. The Hall–Kier alpha value is -0.130. The van der Waals surface area contributed by atoms with Gasteiger partial charge in [-0.2, -0.15) is 0 Å². The molecule has 19 heavy (non-hydrogen) atoms. The van der Waals surface area contributed by atoms with Crippen molar-refractivity contribution in [1.29, 1.82) is 0 Å². The highest BCUT2D eigenvalue weighted by atomic mass is 35.5. The molecule has 1 aromatic rings. The lowest BCUT2D eigenvalue weighted by atomic mass is 10.0. The SMILES string of the molecule is CC(NCC(C)(C)N1CCOCC1)c1csc(Cl)c1. The molecule has 1 aliphatic rings. The molecule has 5 heteroatoms. The number of nitrogens with one attached hydrogen (secondary N) is 1. The highest BCUT2D eigenvalue weighted by molar-refractivity contribution is 7.14. The van der Waals surface area contributed by atoms with Gasteiger partial charge in [0.1, 0.15) is 0 Å². The fourth-order valence-corrected chi connectivity index (χ4v) is 3.34. The van der Waals surface area contributed by atoms with Gasteiger partial charge >= 0.3 is 0 Å². The summed E-state index contributed by atoms with van der Waals surface area (Å²) in [6.07, 6.45) is 0. The second-order valence-corrected chi connectivity index (χ2v) is 7.24. The lowest BCUT2D eigenvalue weighted by Gasteiger charge is -2.41. The molecular weight excluding hydrogens is 280 g/mol. The van der Waals surface area contributed by atoms with E-state index < -0.39 is 0 Å². The standard InChI is InChI=1S/C14H23ClN2OS/c1-11(12-8-13(15)19-9-12)16-10-14(2,3)17-4-6-18-7-5-17/h8-9,11,16H,4-7,10H2,1-3H3. The summed E-state index contributed by atoms with van der Waals surface area (Å²) in [6.45, 7) is 11.5. The van der Waals surface area contributed by atoms with Crippen LogP contribution in [0.1, 0.15) is 32.4 Å². The molecule has 2 rings (SSSR count). The summed E-state index contributed by atoms with van der Waals surface area (Å²) >= 11 is 7.58. The molecule has 1 aliphatic heterocycles. The number of morpholine rings is 1. The summed E-state index contributed by atoms with van der Waals surface area (Å²) in [4.78, 5) is 2.50. The summed E-state index contributed by atoms with van der Waals surface area (Å²) in [5.74, 6) is 0. The van der Waals surface area contributed by atoms with Crippen LogP contribution in [0.15, 0.2) is 11.4 Å². The third kappa shape index (κ3) is 4.17. The Kier molecular flexibility index (Phi) is 5.26. The molecular formula is C14H23ClN2OS. The van der Waals surface area contributed by atoms with Crippen molar-refractivity contribution in [1.82, 2.24) is 10.2 Å². The largest absolute Gasteiger partial charge is 0.379 e. The molecule has 1 atom stereocenters. The van der Waals surface area contributed by atoms with Crippen molar-refractivity contribution in [2.24, 2.45) is 0 Å². The topological polar surface area (TPSA) is 24.5 Å². The molecule has 0 saturated carbocycles. The van der Waals surface area contributed by atoms with Gasteiger partial charge in [-0.25, -0.2) is 0 Å². The lowest BCUT2D eigenvalue weighted by molar-refractivity contribution is -0.0102. The Bertz CT molecular complexity index is 402. The van der Waals surface area contributed by atoms with Crippen LogP contribution in [0.2, 0.25) is 4.34 Å². The Morgan fingerprint density at radius 1 is 1.47 bits per heavy atom. The molecule has 0 aliphatic carbocycles. The molecule has 0 amide bonds. The van der Waals surface area contributed by atoms with Crippen molar-refractivity contribution in [3.05, 3.63) is 21.3 Å². The number of nitrogens with zero attached hydrogens (tertiary/aromatic N) is 1. The molecule has 0 radical (unpaired) electrons. The van der Waals surface area contributed by atoms with E-state index >= 15 is 0 Å². The molecule has 0 bridgehead atoms. The summed E-state index contributed by atoms with van der Waals surface area (Å²) in [5.41, 5.74) is 1.42. The molecule has 0 aromatic carbocycles. The van der Waals surface area contributed by atoms with Crippen molar-refractivity contribution >= 4 is 22.9 Å². The van der Waals surface area contributed by atoms with Crippen LogP contribution in [-0.4, -0.2) is 43.3 Å². The van der Waals surface area contributed by atoms with Crippen molar-refractivity contribution in [2.45, 2.75) is 32.4 Å². The summed E-state index contributed by atoms with van der Waals surface area (Å²) in [5, 5.41) is 5.74. The molecule has 1 aromatic heterocycles. The van der Waals surface area contributed by atoms with Gasteiger partial charge in [0, 0.05) is 31.2 Å². The minimum Gasteiger partial charge on any atom is -0.379 e. The van der Waals surface area contributed by atoms with Gasteiger partial charge in [-0.15, -0.1) is 11.3 Å². The first-order valence-electron chi connectivity index (χ1n) is 6.79. The minimum atomic E-state index is 0.151. The third-order valence-electron chi connectivity index (χ3n) is 3.80. The fraction of sp³-hybridized carbons (Fsp3) is 0.714. The Labute approximate surface area is 124 Å². The van der Waals surface area contributed by atoms with Gasteiger partial charge in [0.2, 0.25) is 0 Å². The van der Waals surface area contributed by atoms with Crippen molar-refractivity contribution in [3.63, 3.8) is 0 Å². The maximum absolute atomic E-state index is 5.98. The Balaban J connectivity index is 1.86. The smallest absolute Gasteiger partial charge is 0.0931 e. The second kappa shape index (κ2) is 6.55. The molecule has 108 valence electrons. The first-order valence-corrected chi connectivity index (χ1v) is 8.05. The highest BCUT2D eigenvalue weighted by Crippen LogP contribution is 2.25. The van der Waals surface area contributed by atoms with Gasteiger partial charge in [0.05, 0.1) is 17.6 Å². The van der Waals surface area contributed by atoms with Crippen LogP contribution < -0.4 is 5.32 Å². The van der Waals surface area contributed by atoms with Crippen LogP contribution in [0, 0.1) is 0 Å². The Morgan fingerprint density at radius 3 is 2.74 bits per heavy atom. The number of thiophene rings is 1. The van der Waals surface area contributed by atoms with Gasteiger partial charge < -0.3 is 10.1 Å². The van der Waals surface area contributed by atoms with Crippen molar-refractivity contribution < 1.29 is 4.74 Å². The van der Waals surface area contributed by atoms with E-state index in [1.54, 1.807) is 11.3 Å². The first kappa shape index (κ1) is 15.3. The monoisotopic (exact) mass is 302 g/mol. The molecule has 3 nitrogen and oxygen atoms in total. The number of halogens is 1. The number of hydrogen-bond acceptors (Lipinski definition) is 4. The van der Waals surface area contributed by atoms with Gasteiger partial charge in [0.25, 0.3) is 0 Å². The number of rotatable bonds is 5. The average molecular weight is 303 g/mol. The van der Waals surface area contributed by atoms with Crippen LogP contribution in [0.3, 0.4) is 0 Å². The maximum atomic E-state index is 5.98. The zero-order valence-electron chi connectivity index (χ0n) is 11.9. The first-order chi connectivity index (χ1) is 8.99. The van der Waals surface area contributed by atoms with Crippen LogP contribution in [-0.2, 0) is 4.74 Å². The van der Waals surface area contributed by atoms with Crippen LogP contribution in [0.25, 0.3) is 0 Å². The number of hydrogen-bond donors (Lipinski definition) is 1. The van der Waals surface area contributed by atoms with E-state index in [0.717, 1.165) is 37.2 Å². The fourth-order valence-electron chi connectivity index (χ4n) is 2.35. The van der Waals surface area contributed by atoms with Crippen LogP contribution in [0.5, 0.6) is 0 Å². The molecule has 1 unspecified atom stereocenters. The molecule has 1 fully saturated rings. The summed E-state index contributed by atoms with van der Waals surface area (Å²) in [6, 6.07) is 2.38. The van der Waals surface area contributed by atoms with Gasteiger partial charge in [0.15, 0.2) is 0 Å². The van der Waals surface area contributed by atoms with Gasteiger partial charge in [-0.05, 0) is 37.8 Å². The van der Waals surface area contributed by atoms with Crippen molar-refractivity contribution in [3.8, 4) is 0 Å². The van der Waals surface area contributed by atoms with E-state index in [2.05, 4.69) is 36.4 Å². The van der Waals surface area contributed by atoms with E-state index in [1.165, 1.54) is 5.56 Å².